The first-order valence-electron chi connectivity index (χ1n) is 10.1. The number of aliphatic imine (C=N–C) groups is 1. The van der Waals surface area contributed by atoms with Gasteiger partial charge in [0.05, 0.1) is 13.2 Å². The summed E-state index contributed by atoms with van der Waals surface area (Å²) in [6.45, 7) is 5.66. The van der Waals surface area contributed by atoms with E-state index in [4.69, 9.17) is 10.5 Å². The number of nitrogens with zero attached hydrogens (tertiary/aromatic N) is 3. The fourth-order valence-corrected chi connectivity index (χ4v) is 3.59. The second kappa shape index (κ2) is 9.17. The number of nitrogens with two attached hydrogens (primary N) is 1. The van der Waals surface area contributed by atoms with E-state index in [-0.39, 0.29) is 0 Å². The van der Waals surface area contributed by atoms with Crippen LogP contribution < -0.4 is 16.4 Å². The van der Waals surface area contributed by atoms with Gasteiger partial charge in [0.2, 0.25) is 5.79 Å². The molecule has 0 amide bonds. The lowest BCUT2D eigenvalue weighted by atomic mass is 10.0. The third kappa shape index (κ3) is 5.00. The molecule has 1 fully saturated rings. The van der Waals surface area contributed by atoms with Gasteiger partial charge in [-0.3, -0.25) is 15.6 Å². The van der Waals surface area contributed by atoms with E-state index in [1.807, 2.05) is 30.3 Å². The van der Waals surface area contributed by atoms with Crippen LogP contribution in [0.25, 0.3) is 11.1 Å². The molecule has 0 bridgehead atoms. The molecule has 1 aromatic heterocycles. The molecule has 7 heteroatoms. The normalized spacial score (nSPS) is 22.0. The van der Waals surface area contributed by atoms with Gasteiger partial charge in [0.1, 0.15) is 5.82 Å². The maximum atomic E-state index is 6.61. The largest absolute Gasteiger partial charge is 0.379 e. The summed E-state index contributed by atoms with van der Waals surface area (Å²) in [7, 11) is 0. The second-order valence-corrected chi connectivity index (χ2v) is 7.30. The molecule has 29 heavy (non-hydrogen) atoms. The highest BCUT2D eigenvalue weighted by molar-refractivity contribution is 5.74. The van der Waals surface area contributed by atoms with Gasteiger partial charge in [-0.15, -0.1) is 0 Å². The van der Waals surface area contributed by atoms with E-state index in [2.05, 4.69) is 37.6 Å². The number of aromatic nitrogens is 1. The molecule has 0 saturated carbocycles. The van der Waals surface area contributed by atoms with Crippen LogP contribution in [0, 0.1) is 0 Å². The lowest BCUT2D eigenvalue weighted by Crippen LogP contribution is -2.52. The third-order valence-electron chi connectivity index (χ3n) is 5.23. The van der Waals surface area contributed by atoms with Crippen molar-refractivity contribution in [1.29, 1.82) is 0 Å². The highest BCUT2D eigenvalue weighted by Gasteiger charge is 2.28. The number of pyridine rings is 1. The zero-order chi connectivity index (χ0) is 19.9. The second-order valence-electron chi connectivity index (χ2n) is 7.30. The summed E-state index contributed by atoms with van der Waals surface area (Å²) in [4.78, 5) is 11.0. The van der Waals surface area contributed by atoms with Crippen LogP contribution in [-0.4, -0.2) is 55.5 Å². The monoisotopic (exact) mass is 392 g/mol. The van der Waals surface area contributed by atoms with Crippen molar-refractivity contribution < 1.29 is 4.74 Å². The minimum Gasteiger partial charge on any atom is -0.379 e. The Morgan fingerprint density at radius 1 is 1.14 bits per heavy atom. The summed E-state index contributed by atoms with van der Waals surface area (Å²) in [6.07, 6.45) is 8.33. The van der Waals surface area contributed by atoms with E-state index >= 15 is 0 Å². The number of hydrogen-bond acceptors (Lipinski definition) is 7. The quantitative estimate of drug-likeness (QED) is 0.621. The maximum absolute atomic E-state index is 6.61. The van der Waals surface area contributed by atoms with Crippen molar-refractivity contribution in [2.75, 3.05) is 39.4 Å². The minimum atomic E-state index is -0.996. The zero-order valence-corrected chi connectivity index (χ0v) is 16.6. The first-order chi connectivity index (χ1) is 14.2. The van der Waals surface area contributed by atoms with Crippen LogP contribution in [-0.2, 0) is 10.5 Å². The Labute approximate surface area is 171 Å². The number of morpholine rings is 1. The Hall–Kier alpha value is -2.74. The molecule has 1 unspecified atom stereocenters. The van der Waals surface area contributed by atoms with Gasteiger partial charge in [-0.1, -0.05) is 18.2 Å². The molecule has 0 spiro atoms. The fourth-order valence-electron chi connectivity index (χ4n) is 3.59. The molecule has 0 aliphatic carbocycles. The Morgan fingerprint density at radius 2 is 1.97 bits per heavy atom. The zero-order valence-electron chi connectivity index (χ0n) is 16.6. The Bertz CT molecular complexity index is 863. The van der Waals surface area contributed by atoms with E-state index in [0.717, 1.165) is 68.3 Å². The number of allylic oxidation sites excluding steroid dienone is 1. The van der Waals surface area contributed by atoms with Crippen LogP contribution in [0.2, 0.25) is 0 Å². The fraction of sp³-hybridized carbons (Fsp3) is 0.364. The van der Waals surface area contributed by atoms with E-state index in [0.29, 0.717) is 0 Å². The van der Waals surface area contributed by atoms with Crippen LogP contribution in [0.1, 0.15) is 12.0 Å². The molecule has 4 rings (SSSR count). The average Bonchev–Trinajstić information content (AvgIpc) is 2.78. The Kier molecular flexibility index (Phi) is 6.19. The highest BCUT2D eigenvalue weighted by atomic mass is 16.5. The van der Waals surface area contributed by atoms with E-state index in [9.17, 15) is 0 Å². The molecule has 2 aliphatic heterocycles. The molecule has 0 radical (unpaired) electrons. The standard InChI is InChI=1S/C22H28N6O/c23-22(20-4-1-3-19(17-20)18-5-9-24-10-6-18)26-11-7-21(27-22)25-8-2-12-28-13-15-29-16-14-28/h1,3-7,9-11,17,25,27H,2,8,12-16,23H2. The highest BCUT2D eigenvalue weighted by Crippen LogP contribution is 2.26. The molecule has 3 heterocycles. The summed E-state index contributed by atoms with van der Waals surface area (Å²) in [5.41, 5.74) is 9.70. The first kappa shape index (κ1) is 19.6. The summed E-state index contributed by atoms with van der Waals surface area (Å²) in [5, 5.41) is 6.79. The Balaban J connectivity index is 1.35. The van der Waals surface area contributed by atoms with Crippen LogP contribution in [0.4, 0.5) is 0 Å². The summed E-state index contributed by atoms with van der Waals surface area (Å²) < 4.78 is 5.39. The number of ether oxygens (including phenoxy) is 1. The van der Waals surface area contributed by atoms with Gasteiger partial charge < -0.3 is 15.4 Å². The number of rotatable bonds is 7. The van der Waals surface area contributed by atoms with Crippen molar-refractivity contribution >= 4 is 6.21 Å². The smallest absolute Gasteiger partial charge is 0.210 e. The first-order valence-corrected chi connectivity index (χ1v) is 10.1. The number of benzene rings is 1. The third-order valence-corrected chi connectivity index (χ3v) is 5.23. The molecule has 1 saturated heterocycles. The molecular weight excluding hydrogens is 364 g/mol. The van der Waals surface area contributed by atoms with Crippen LogP contribution >= 0.6 is 0 Å². The van der Waals surface area contributed by atoms with Crippen molar-refractivity contribution in [3.8, 4) is 11.1 Å². The SMILES string of the molecule is NC1(c2cccc(-c3ccncc3)c2)N=CC=C(NCCCN2CCOCC2)N1. The van der Waals surface area contributed by atoms with Crippen LogP contribution in [0.5, 0.6) is 0 Å². The van der Waals surface area contributed by atoms with Crippen molar-refractivity contribution in [1.82, 2.24) is 20.5 Å². The summed E-state index contributed by atoms with van der Waals surface area (Å²) in [5.74, 6) is -0.108. The van der Waals surface area contributed by atoms with Crippen molar-refractivity contribution in [2.24, 2.45) is 10.7 Å². The van der Waals surface area contributed by atoms with Gasteiger partial charge in [0.25, 0.3) is 0 Å². The Morgan fingerprint density at radius 3 is 2.79 bits per heavy atom. The summed E-state index contributed by atoms with van der Waals surface area (Å²) in [6, 6.07) is 12.1. The van der Waals surface area contributed by atoms with Crippen molar-refractivity contribution in [2.45, 2.75) is 12.2 Å². The lowest BCUT2D eigenvalue weighted by Gasteiger charge is -2.32. The number of nitrogens with one attached hydrogen (secondary N) is 2. The molecule has 1 aromatic carbocycles. The molecule has 1 atom stereocenters. The molecule has 2 aromatic rings. The molecular formula is C22H28N6O. The van der Waals surface area contributed by atoms with Crippen LogP contribution in [0.3, 0.4) is 0 Å². The van der Waals surface area contributed by atoms with Gasteiger partial charge in [-0.2, -0.15) is 0 Å². The molecule has 152 valence electrons. The van der Waals surface area contributed by atoms with Gasteiger partial charge >= 0.3 is 0 Å². The van der Waals surface area contributed by atoms with Gasteiger partial charge in [-0.25, -0.2) is 4.99 Å². The lowest BCUT2D eigenvalue weighted by molar-refractivity contribution is 0.0375. The van der Waals surface area contributed by atoms with Crippen LogP contribution in [0.15, 0.2) is 65.7 Å². The topological polar surface area (TPSA) is 87.8 Å². The van der Waals surface area contributed by atoms with Crippen molar-refractivity contribution in [3.63, 3.8) is 0 Å². The van der Waals surface area contributed by atoms with Gasteiger partial charge in [0, 0.05) is 43.8 Å². The average molecular weight is 393 g/mol. The molecule has 7 nitrogen and oxygen atoms in total. The van der Waals surface area contributed by atoms with Crippen molar-refractivity contribution in [3.05, 3.63) is 66.3 Å². The van der Waals surface area contributed by atoms with E-state index < -0.39 is 5.79 Å². The maximum Gasteiger partial charge on any atom is 0.210 e. The molecule has 4 N–H and O–H groups in total. The van der Waals surface area contributed by atoms with Gasteiger partial charge in [0.15, 0.2) is 0 Å². The minimum absolute atomic E-state index is 0.838. The number of hydrogen-bond donors (Lipinski definition) is 3. The predicted octanol–water partition coefficient (Wildman–Crippen LogP) is 1.64. The summed E-state index contributed by atoms with van der Waals surface area (Å²) >= 11 is 0. The predicted molar refractivity (Wildman–Crippen MR) is 115 cm³/mol. The molecule has 2 aliphatic rings. The van der Waals surface area contributed by atoms with E-state index in [1.165, 1.54) is 0 Å². The van der Waals surface area contributed by atoms with Gasteiger partial charge in [-0.05, 0) is 48.4 Å². The van der Waals surface area contributed by atoms with E-state index in [1.54, 1.807) is 18.6 Å².